The van der Waals surface area contributed by atoms with Crippen LogP contribution in [-0.2, 0) is 13.1 Å². The predicted octanol–water partition coefficient (Wildman–Crippen LogP) is 2.09. The number of likely N-dealkylation sites (N-methyl/N-ethyl adjacent to an activating group) is 1. The van der Waals surface area contributed by atoms with Gasteiger partial charge in [-0.15, -0.1) is 0 Å². The van der Waals surface area contributed by atoms with Crippen molar-refractivity contribution in [1.82, 2.24) is 19.4 Å². The van der Waals surface area contributed by atoms with Crippen molar-refractivity contribution in [2.45, 2.75) is 25.6 Å². The van der Waals surface area contributed by atoms with Crippen LogP contribution >= 0.6 is 0 Å². The molecule has 1 aromatic carbocycles. The molecule has 1 aromatic heterocycles. The molecule has 1 saturated heterocycles. The number of aromatic nitrogens is 2. The summed E-state index contributed by atoms with van der Waals surface area (Å²) in [4.78, 5) is 9.15. The Morgan fingerprint density at radius 3 is 2.90 bits per heavy atom. The number of likely N-dealkylation sites (tertiary alicyclic amines) is 1. The minimum atomic E-state index is 0.678. The molecule has 0 radical (unpaired) electrons. The van der Waals surface area contributed by atoms with E-state index in [1.54, 1.807) is 0 Å². The number of hydrogen-bond donors (Lipinski definition) is 0. The van der Waals surface area contributed by atoms with Crippen LogP contribution in [0.25, 0.3) is 0 Å². The predicted molar refractivity (Wildman–Crippen MR) is 85.0 cm³/mol. The number of imidazole rings is 1. The van der Waals surface area contributed by atoms with Crippen molar-refractivity contribution in [2.24, 2.45) is 0 Å². The van der Waals surface area contributed by atoms with Gasteiger partial charge >= 0.3 is 0 Å². The van der Waals surface area contributed by atoms with Crippen molar-refractivity contribution in [2.75, 3.05) is 26.7 Å². The molecule has 0 aliphatic carbocycles. The van der Waals surface area contributed by atoms with Gasteiger partial charge in [0.2, 0.25) is 0 Å². The largest absolute Gasteiger partial charge is 0.336 e. The monoisotopic (exact) mass is 284 g/mol. The Morgan fingerprint density at radius 2 is 2.14 bits per heavy atom. The molecule has 21 heavy (non-hydrogen) atoms. The van der Waals surface area contributed by atoms with Crippen LogP contribution in [0.15, 0.2) is 49.1 Å². The van der Waals surface area contributed by atoms with Gasteiger partial charge in [0, 0.05) is 51.2 Å². The first kappa shape index (κ1) is 14.3. The van der Waals surface area contributed by atoms with E-state index in [9.17, 15) is 0 Å². The third kappa shape index (κ3) is 3.93. The van der Waals surface area contributed by atoms with E-state index in [0.29, 0.717) is 6.04 Å². The van der Waals surface area contributed by atoms with Crippen molar-refractivity contribution >= 4 is 0 Å². The third-order valence-electron chi connectivity index (χ3n) is 4.39. The highest BCUT2D eigenvalue weighted by Crippen LogP contribution is 2.17. The molecule has 0 spiro atoms. The van der Waals surface area contributed by atoms with Crippen LogP contribution in [0, 0.1) is 0 Å². The minimum absolute atomic E-state index is 0.678. The van der Waals surface area contributed by atoms with E-state index in [1.807, 2.05) is 18.7 Å². The molecule has 1 aliphatic heterocycles. The van der Waals surface area contributed by atoms with Crippen LogP contribution in [0.5, 0.6) is 0 Å². The van der Waals surface area contributed by atoms with Gasteiger partial charge in [-0.3, -0.25) is 4.90 Å². The Morgan fingerprint density at radius 1 is 1.29 bits per heavy atom. The van der Waals surface area contributed by atoms with E-state index in [-0.39, 0.29) is 0 Å². The second-order valence-electron chi connectivity index (χ2n) is 5.94. The number of hydrogen-bond acceptors (Lipinski definition) is 3. The minimum Gasteiger partial charge on any atom is -0.336 e. The standard InChI is InChI=1S/C17H24N4/c1-19(11-12-20-10-8-18-15-20)17-7-9-21(14-17)13-16-5-3-2-4-6-16/h2-6,8,10,15,17H,7,9,11-14H2,1H3/t17-/m0/s1. The van der Waals surface area contributed by atoms with E-state index in [1.165, 1.54) is 25.1 Å². The zero-order chi connectivity index (χ0) is 14.5. The molecule has 2 aromatic rings. The van der Waals surface area contributed by atoms with Crippen molar-refractivity contribution in [3.63, 3.8) is 0 Å². The van der Waals surface area contributed by atoms with E-state index < -0.39 is 0 Å². The van der Waals surface area contributed by atoms with Crippen molar-refractivity contribution in [3.05, 3.63) is 54.6 Å². The Hall–Kier alpha value is -1.65. The second-order valence-corrected chi connectivity index (χ2v) is 5.94. The fourth-order valence-corrected chi connectivity index (χ4v) is 3.03. The molecule has 2 heterocycles. The lowest BCUT2D eigenvalue weighted by Gasteiger charge is -2.25. The van der Waals surface area contributed by atoms with E-state index >= 15 is 0 Å². The van der Waals surface area contributed by atoms with Gasteiger partial charge in [-0.05, 0) is 19.0 Å². The third-order valence-corrected chi connectivity index (χ3v) is 4.39. The van der Waals surface area contributed by atoms with Crippen LogP contribution in [0.2, 0.25) is 0 Å². The van der Waals surface area contributed by atoms with Crippen LogP contribution in [0.3, 0.4) is 0 Å². The first-order chi connectivity index (χ1) is 10.3. The van der Waals surface area contributed by atoms with Gasteiger partial charge in [-0.2, -0.15) is 0 Å². The summed E-state index contributed by atoms with van der Waals surface area (Å²) in [6.45, 7) is 5.56. The van der Waals surface area contributed by atoms with Crippen LogP contribution in [0.1, 0.15) is 12.0 Å². The highest BCUT2D eigenvalue weighted by Gasteiger charge is 2.25. The maximum Gasteiger partial charge on any atom is 0.0946 e. The molecule has 4 heteroatoms. The summed E-state index contributed by atoms with van der Waals surface area (Å²) in [7, 11) is 2.24. The average molecular weight is 284 g/mol. The van der Waals surface area contributed by atoms with Crippen LogP contribution in [-0.4, -0.2) is 52.1 Å². The Kier molecular flexibility index (Phi) is 4.68. The zero-order valence-electron chi connectivity index (χ0n) is 12.7. The smallest absolute Gasteiger partial charge is 0.0946 e. The summed E-state index contributed by atoms with van der Waals surface area (Å²) in [5, 5.41) is 0. The zero-order valence-corrected chi connectivity index (χ0v) is 12.7. The maximum absolute atomic E-state index is 4.09. The molecular weight excluding hydrogens is 260 g/mol. The van der Waals surface area contributed by atoms with E-state index in [4.69, 9.17) is 0 Å². The summed E-state index contributed by atoms with van der Waals surface area (Å²) in [5.74, 6) is 0. The maximum atomic E-state index is 4.09. The molecule has 0 saturated carbocycles. The van der Waals surface area contributed by atoms with Crippen molar-refractivity contribution < 1.29 is 0 Å². The first-order valence-corrected chi connectivity index (χ1v) is 7.73. The normalized spacial score (nSPS) is 19.4. The van der Waals surface area contributed by atoms with Gasteiger partial charge in [-0.1, -0.05) is 30.3 Å². The summed E-state index contributed by atoms with van der Waals surface area (Å²) in [6, 6.07) is 11.4. The Labute approximate surface area is 127 Å². The number of benzene rings is 1. The lowest BCUT2D eigenvalue weighted by Crippen LogP contribution is -2.36. The molecule has 0 unspecified atom stereocenters. The molecule has 1 fully saturated rings. The van der Waals surface area contributed by atoms with Crippen molar-refractivity contribution in [3.8, 4) is 0 Å². The quantitative estimate of drug-likeness (QED) is 0.812. The van der Waals surface area contributed by atoms with Gasteiger partial charge in [0.1, 0.15) is 0 Å². The molecule has 0 bridgehead atoms. The lowest BCUT2D eigenvalue weighted by atomic mass is 10.2. The summed E-state index contributed by atoms with van der Waals surface area (Å²) < 4.78 is 2.15. The van der Waals surface area contributed by atoms with Gasteiger partial charge in [0.15, 0.2) is 0 Å². The Balaban J connectivity index is 1.45. The van der Waals surface area contributed by atoms with Gasteiger partial charge in [0.05, 0.1) is 6.33 Å². The molecule has 3 rings (SSSR count). The SMILES string of the molecule is CN(CCn1ccnc1)[C@H]1CCN(Cc2ccccc2)C1. The Bertz CT molecular complexity index is 523. The molecule has 4 nitrogen and oxygen atoms in total. The average Bonchev–Trinajstić information content (AvgIpc) is 3.17. The van der Waals surface area contributed by atoms with Gasteiger partial charge < -0.3 is 9.47 Å². The van der Waals surface area contributed by atoms with Gasteiger partial charge in [-0.25, -0.2) is 4.98 Å². The topological polar surface area (TPSA) is 24.3 Å². The summed E-state index contributed by atoms with van der Waals surface area (Å²) >= 11 is 0. The summed E-state index contributed by atoms with van der Waals surface area (Å²) in [6.07, 6.45) is 7.04. The molecule has 0 N–H and O–H groups in total. The molecule has 0 amide bonds. The molecular formula is C17H24N4. The van der Waals surface area contributed by atoms with Crippen molar-refractivity contribution in [1.29, 1.82) is 0 Å². The molecule has 1 atom stereocenters. The molecule has 1 aliphatic rings. The fourth-order valence-electron chi connectivity index (χ4n) is 3.03. The van der Waals surface area contributed by atoms with E-state index in [2.05, 4.69) is 56.7 Å². The first-order valence-electron chi connectivity index (χ1n) is 7.73. The number of nitrogens with zero attached hydrogens (tertiary/aromatic N) is 4. The molecule has 112 valence electrons. The van der Waals surface area contributed by atoms with Crippen LogP contribution in [0.4, 0.5) is 0 Å². The van der Waals surface area contributed by atoms with Crippen LogP contribution < -0.4 is 0 Å². The summed E-state index contributed by atoms with van der Waals surface area (Å²) in [5.41, 5.74) is 1.42. The lowest BCUT2D eigenvalue weighted by molar-refractivity contribution is 0.222. The highest BCUT2D eigenvalue weighted by molar-refractivity contribution is 5.14. The second kappa shape index (κ2) is 6.87. The van der Waals surface area contributed by atoms with E-state index in [0.717, 1.165) is 19.6 Å². The highest BCUT2D eigenvalue weighted by atomic mass is 15.2. The van der Waals surface area contributed by atoms with Gasteiger partial charge in [0.25, 0.3) is 0 Å². The number of rotatable bonds is 6. The fraction of sp³-hybridized carbons (Fsp3) is 0.471.